The lowest BCUT2D eigenvalue weighted by Gasteiger charge is -2.11. The Hall–Kier alpha value is -4.53. The standard InChI is InChI=1S/C25H23FN4O4/c1-16-7-5-12-21(17(16)2)28-23(31)15-34-19-9-6-8-18(13-19)14-27-30-25(33)24(32)29-22-11-4-3-10-20(22)26/h3-14H,15H2,1-2H3,(H,28,31)(H,29,32)(H,30,33)/b27-14-. The smallest absolute Gasteiger partial charge is 0.329 e. The van der Waals surface area contributed by atoms with E-state index in [2.05, 4.69) is 21.2 Å². The monoisotopic (exact) mass is 462 g/mol. The number of benzene rings is 3. The summed E-state index contributed by atoms with van der Waals surface area (Å²) in [5, 5.41) is 8.70. The molecule has 0 aliphatic heterocycles. The number of rotatable bonds is 7. The zero-order chi connectivity index (χ0) is 24.5. The number of ether oxygens (including phenoxy) is 1. The molecule has 0 aliphatic rings. The highest BCUT2D eigenvalue weighted by Gasteiger charge is 2.14. The van der Waals surface area contributed by atoms with E-state index in [-0.39, 0.29) is 18.2 Å². The van der Waals surface area contributed by atoms with Crippen molar-refractivity contribution in [1.82, 2.24) is 5.43 Å². The molecular weight excluding hydrogens is 439 g/mol. The van der Waals surface area contributed by atoms with Crippen molar-refractivity contribution in [2.24, 2.45) is 5.10 Å². The van der Waals surface area contributed by atoms with Crippen LogP contribution in [0.3, 0.4) is 0 Å². The molecule has 34 heavy (non-hydrogen) atoms. The summed E-state index contributed by atoms with van der Waals surface area (Å²) in [7, 11) is 0. The summed E-state index contributed by atoms with van der Waals surface area (Å²) in [4.78, 5) is 35.9. The number of nitrogens with one attached hydrogen (secondary N) is 3. The number of hydrogen-bond donors (Lipinski definition) is 3. The second kappa shape index (κ2) is 11.4. The minimum Gasteiger partial charge on any atom is -0.484 e. The van der Waals surface area contributed by atoms with Crippen molar-refractivity contribution >= 4 is 35.3 Å². The molecule has 0 spiro atoms. The Balaban J connectivity index is 1.50. The lowest BCUT2D eigenvalue weighted by atomic mass is 10.1. The van der Waals surface area contributed by atoms with Gasteiger partial charge in [-0.3, -0.25) is 14.4 Å². The number of carbonyl (C=O) groups is 3. The van der Waals surface area contributed by atoms with Crippen molar-refractivity contribution in [2.75, 3.05) is 17.2 Å². The van der Waals surface area contributed by atoms with Crippen LogP contribution in [0, 0.1) is 19.7 Å². The van der Waals surface area contributed by atoms with Gasteiger partial charge in [-0.25, -0.2) is 9.82 Å². The molecule has 3 amide bonds. The van der Waals surface area contributed by atoms with Crippen LogP contribution in [0.4, 0.5) is 15.8 Å². The Morgan fingerprint density at radius 1 is 0.912 bits per heavy atom. The maximum Gasteiger partial charge on any atom is 0.329 e. The van der Waals surface area contributed by atoms with Gasteiger partial charge in [-0.2, -0.15) is 5.10 Å². The first kappa shape index (κ1) is 24.1. The lowest BCUT2D eigenvalue weighted by molar-refractivity contribution is -0.136. The summed E-state index contributed by atoms with van der Waals surface area (Å²) in [6.07, 6.45) is 1.30. The fourth-order valence-electron chi connectivity index (χ4n) is 2.86. The van der Waals surface area contributed by atoms with E-state index in [9.17, 15) is 18.8 Å². The van der Waals surface area contributed by atoms with Crippen molar-refractivity contribution in [1.29, 1.82) is 0 Å². The van der Waals surface area contributed by atoms with E-state index in [0.717, 1.165) is 22.9 Å². The molecular formula is C25H23FN4O4. The summed E-state index contributed by atoms with van der Waals surface area (Å²) in [5.41, 5.74) is 5.30. The van der Waals surface area contributed by atoms with Crippen molar-refractivity contribution in [3.63, 3.8) is 0 Å². The van der Waals surface area contributed by atoms with Gasteiger partial charge in [0.05, 0.1) is 11.9 Å². The maximum absolute atomic E-state index is 13.6. The Kier molecular flexibility index (Phi) is 8.07. The number of hydrogen-bond acceptors (Lipinski definition) is 5. The number of para-hydroxylation sites is 1. The predicted octanol–water partition coefficient (Wildman–Crippen LogP) is 3.55. The molecule has 0 radical (unpaired) electrons. The van der Waals surface area contributed by atoms with Gasteiger partial charge in [0.15, 0.2) is 6.61 Å². The zero-order valence-electron chi connectivity index (χ0n) is 18.6. The topological polar surface area (TPSA) is 109 Å². The Bertz CT molecular complexity index is 1240. The second-order valence-electron chi connectivity index (χ2n) is 7.29. The van der Waals surface area contributed by atoms with Crippen LogP contribution in [0.2, 0.25) is 0 Å². The van der Waals surface area contributed by atoms with Crippen LogP contribution in [-0.2, 0) is 14.4 Å². The molecule has 3 aromatic rings. The number of carbonyl (C=O) groups excluding carboxylic acids is 3. The van der Waals surface area contributed by atoms with Gasteiger partial charge in [0.1, 0.15) is 11.6 Å². The van der Waals surface area contributed by atoms with Crippen LogP contribution >= 0.6 is 0 Å². The molecule has 0 atom stereocenters. The molecule has 0 aromatic heterocycles. The molecule has 0 saturated heterocycles. The number of halogens is 1. The quantitative estimate of drug-likeness (QED) is 0.283. The first-order valence-electron chi connectivity index (χ1n) is 10.3. The molecule has 9 heteroatoms. The Morgan fingerprint density at radius 3 is 2.44 bits per heavy atom. The normalized spacial score (nSPS) is 10.6. The van der Waals surface area contributed by atoms with Gasteiger partial charge in [0, 0.05) is 5.69 Å². The van der Waals surface area contributed by atoms with E-state index in [1.54, 1.807) is 24.3 Å². The lowest BCUT2D eigenvalue weighted by Crippen LogP contribution is -2.32. The van der Waals surface area contributed by atoms with Gasteiger partial charge < -0.3 is 15.4 Å². The van der Waals surface area contributed by atoms with Crippen molar-refractivity contribution < 1.29 is 23.5 Å². The summed E-state index contributed by atoms with van der Waals surface area (Å²) in [6, 6.07) is 17.8. The van der Waals surface area contributed by atoms with Gasteiger partial charge in [0.2, 0.25) is 0 Å². The molecule has 3 N–H and O–H groups in total. The first-order valence-corrected chi connectivity index (χ1v) is 10.3. The number of anilines is 2. The molecule has 0 aliphatic carbocycles. The number of nitrogens with zero attached hydrogens (tertiary/aromatic N) is 1. The minimum absolute atomic E-state index is 0.113. The van der Waals surface area contributed by atoms with Crippen LogP contribution in [0.25, 0.3) is 0 Å². The van der Waals surface area contributed by atoms with E-state index < -0.39 is 17.6 Å². The van der Waals surface area contributed by atoms with E-state index in [4.69, 9.17) is 4.74 Å². The van der Waals surface area contributed by atoms with Crippen LogP contribution < -0.4 is 20.8 Å². The van der Waals surface area contributed by atoms with Crippen LogP contribution in [0.1, 0.15) is 16.7 Å². The number of amides is 3. The minimum atomic E-state index is -1.06. The highest BCUT2D eigenvalue weighted by molar-refractivity contribution is 6.39. The third-order valence-electron chi connectivity index (χ3n) is 4.81. The molecule has 3 aromatic carbocycles. The van der Waals surface area contributed by atoms with Gasteiger partial charge in [-0.15, -0.1) is 0 Å². The molecule has 3 rings (SSSR count). The molecule has 0 unspecified atom stereocenters. The fourth-order valence-corrected chi connectivity index (χ4v) is 2.86. The summed E-state index contributed by atoms with van der Waals surface area (Å²) >= 11 is 0. The molecule has 0 heterocycles. The third kappa shape index (κ3) is 6.73. The number of hydrazone groups is 1. The predicted molar refractivity (Wildman–Crippen MR) is 127 cm³/mol. The number of aryl methyl sites for hydroxylation is 1. The first-order chi connectivity index (χ1) is 16.3. The average Bonchev–Trinajstić information content (AvgIpc) is 2.82. The Morgan fingerprint density at radius 2 is 1.65 bits per heavy atom. The fraction of sp³-hybridized carbons (Fsp3) is 0.120. The third-order valence-corrected chi connectivity index (χ3v) is 4.81. The van der Waals surface area contributed by atoms with Gasteiger partial charge >= 0.3 is 11.8 Å². The van der Waals surface area contributed by atoms with E-state index in [1.807, 2.05) is 32.0 Å². The summed E-state index contributed by atoms with van der Waals surface area (Å²) in [5.74, 6) is -2.67. The van der Waals surface area contributed by atoms with E-state index >= 15 is 0 Å². The van der Waals surface area contributed by atoms with Crippen molar-refractivity contribution in [2.45, 2.75) is 13.8 Å². The van der Waals surface area contributed by atoms with Crippen molar-refractivity contribution in [3.8, 4) is 5.75 Å². The highest BCUT2D eigenvalue weighted by Crippen LogP contribution is 2.18. The molecule has 0 saturated carbocycles. The highest BCUT2D eigenvalue weighted by atomic mass is 19.1. The molecule has 0 bridgehead atoms. The van der Waals surface area contributed by atoms with Gasteiger partial charge in [-0.1, -0.05) is 36.4 Å². The average molecular weight is 462 g/mol. The van der Waals surface area contributed by atoms with Crippen LogP contribution in [0.15, 0.2) is 71.8 Å². The molecule has 0 fully saturated rings. The summed E-state index contributed by atoms with van der Waals surface area (Å²) in [6.45, 7) is 3.70. The Labute approximate surface area is 195 Å². The van der Waals surface area contributed by atoms with E-state index in [0.29, 0.717) is 11.3 Å². The van der Waals surface area contributed by atoms with Crippen LogP contribution in [0.5, 0.6) is 5.75 Å². The van der Waals surface area contributed by atoms with Crippen LogP contribution in [-0.4, -0.2) is 30.5 Å². The zero-order valence-corrected chi connectivity index (χ0v) is 18.6. The molecule has 8 nitrogen and oxygen atoms in total. The SMILES string of the molecule is Cc1cccc(NC(=O)COc2cccc(/C=N\NC(=O)C(=O)Nc3ccccc3F)c2)c1C. The summed E-state index contributed by atoms with van der Waals surface area (Å²) < 4.78 is 19.1. The maximum atomic E-state index is 13.6. The van der Waals surface area contributed by atoms with E-state index in [1.165, 1.54) is 24.4 Å². The van der Waals surface area contributed by atoms with Gasteiger partial charge in [0.25, 0.3) is 5.91 Å². The van der Waals surface area contributed by atoms with Crippen molar-refractivity contribution in [3.05, 3.63) is 89.2 Å². The largest absolute Gasteiger partial charge is 0.484 e. The van der Waals surface area contributed by atoms with Gasteiger partial charge in [-0.05, 0) is 60.9 Å². The molecule has 174 valence electrons. The second-order valence-corrected chi connectivity index (χ2v) is 7.29.